The molecule has 0 saturated heterocycles. The molecule has 4 heteroatoms. The van der Waals surface area contributed by atoms with E-state index in [1.54, 1.807) is 12.3 Å². The molecule has 1 atom stereocenters. The summed E-state index contributed by atoms with van der Waals surface area (Å²) in [6, 6.07) is 4.03. The van der Waals surface area contributed by atoms with Crippen molar-refractivity contribution in [2.24, 2.45) is 0 Å². The van der Waals surface area contributed by atoms with Gasteiger partial charge in [0.1, 0.15) is 5.15 Å². The zero-order valence-corrected chi connectivity index (χ0v) is 8.96. The summed E-state index contributed by atoms with van der Waals surface area (Å²) in [6.07, 6.45) is 2.52. The van der Waals surface area contributed by atoms with Crippen molar-refractivity contribution in [1.82, 2.24) is 10.3 Å². The van der Waals surface area contributed by atoms with Crippen LogP contribution in [0.4, 0.5) is 0 Å². The number of nitrogens with zero attached hydrogens (tertiary/aromatic N) is 1. The Morgan fingerprint density at radius 2 is 2.36 bits per heavy atom. The first-order chi connectivity index (χ1) is 6.72. The summed E-state index contributed by atoms with van der Waals surface area (Å²) >= 11 is 5.66. The fraction of sp³-hybridized carbons (Fsp3) is 0.500. The molecule has 1 aromatic rings. The first-order valence-electron chi connectivity index (χ1n) is 4.67. The Bertz CT molecular complexity index is 263. The average molecular weight is 215 g/mol. The molecule has 0 saturated carbocycles. The summed E-state index contributed by atoms with van der Waals surface area (Å²) in [6.45, 7) is 3.01. The van der Waals surface area contributed by atoms with Gasteiger partial charge in [0.2, 0.25) is 0 Å². The Hall–Kier alpha value is -0.640. The molecule has 14 heavy (non-hydrogen) atoms. The number of aromatic nitrogens is 1. The van der Waals surface area contributed by atoms with Gasteiger partial charge in [-0.1, -0.05) is 17.7 Å². The number of aliphatic hydroxyl groups is 1. The van der Waals surface area contributed by atoms with Gasteiger partial charge in [-0.2, -0.15) is 0 Å². The lowest BCUT2D eigenvalue weighted by molar-refractivity contribution is 0.268. The van der Waals surface area contributed by atoms with Gasteiger partial charge in [-0.05, 0) is 25.0 Å². The number of aliphatic hydroxyl groups excluding tert-OH is 1. The van der Waals surface area contributed by atoms with Gasteiger partial charge in [0.25, 0.3) is 0 Å². The van der Waals surface area contributed by atoms with Gasteiger partial charge in [-0.25, -0.2) is 4.98 Å². The molecule has 1 rings (SSSR count). The van der Waals surface area contributed by atoms with Crippen LogP contribution in [0.15, 0.2) is 18.3 Å². The number of pyridine rings is 1. The molecule has 0 aromatic carbocycles. The van der Waals surface area contributed by atoms with E-state index in [9.17, 15) is 0 Å². The zero-order chi connectivity index (χ0) is 10.4. The number of halogens is 1. The SMILES string of the molecule is CC(CCO)NCc1ccc(Cl)nc1. The van der Waals surface area contributed by atoms with Crippen LogP contribution in [0.2, 0.25) is 5.15 Å². The van der Waals surface area contributed by atoms with Crippen molar-refractivity contribution in [3.63, 3.8) is 0 Å². The molecule has 0 bridgehead atoms. The maximum Gasteiger partial charge on any atom is 0.129 e. The summed E-state index contributed by atoms with van der Waals surface area (Å²) in [5.41, 5.74) is 1.10. The predicted octanol–water partition coefficient (Wildman–Crippen LogP) is 1.60. The average Bonchev–Trinajstić information content (AvgIpc) is 2.17. The molecule has 1 heterocycles. The van der Waals surface area contributed by atoms with Gasteiger partial charge in [-0.15, -0.1) is 0 Å². The molecule has 1 unspecified atom stereocenters. The lowest BCUT2D eigenvalue weighted by Gasteiger charge is -2.11. The van der Waals surface area contributed by atoms with Gasteiger partial charge < -0.3 is 10.4 Å². The number of nitrogens with one attached hydrogen (secondary N) is 1. The Balaban J connectivity index is 2.34. The van der Waals surface area contributed by atoms with E-state index in [2.05, 4.69) is 10.3 Å². The second-order valence-corrected chi connectivity index (χ2v) is 3.67. The standard InChI is InChI=1S/C10H15ClN2O/c1-8(4-5-14)12-6-9-2-3-10(11)13-7-9/h2-3,7-8,12,14H,4-6H2,1H3. The molecule has 0 radical (unpaired) electrons. The molecule has 0 aliphatic heterocycles. The Morgan fingerprint density at radius 1 is 1.57 bits per heavy atom. The van der Waals surface area contributed by atoms with Crippen LogP contribution in [0, 0.1) is 0 Å². The highest BCUT2D eigenvalue weighted by Gasteiger charge is 2.00. The normalized spacial score (nSPS) is 12.8. The quantitative estimate of drug-likeness (QED) is 0.732. The minimum Gasteiger partial charge on any atom is -0.396 e. The lowest BCUT2D eigenvalue weighted by atomic mass is 10.2. The van der Waals surface area contributed by atoms with E-state index in [1.807, 2.05) is 13.0 Å². The molecular weight excluding hydrogens is 200 g/mol. The van der Waals surface area contributed by atoms with Crippen LogP contribution in [0.3, 0.4) is 0 Å². The molecule has 0 aliphatic carbocycles. The van der Waals surface area contributed by atoms with Crippen molar-refractivity contribution < 1.29 is 5.11 Å². The summed E-state index contributed by atoms with van der Waals surface area (Å²) in [4.78, 5) is 3.98. The van der Waals surface area contributed by atoms with Crippen LogP contribution in [-0.2, 0) is 6.54 Å². The number of rotatable bonds is 5. The minimum atomic E-state index is 0.215. The van der Waals surface area contributed by atoms with E-state index < -0.39 is 0 Å². The molecule has 1 aromatic heterocycles. The van der Waals surface area contributed by atoms with Gasteiger partial charge in [0.05, 0.1) is 0 Å². The molecule has 3 nitrogen and oxygen atoms in total. The molecular formula is C10H15ClN2O. The van der Waals surface area contributed by atoms with Crippen LogP contribution < -0.4 is 5.32 Å². The lowest BCUT2D eigenvalue weighted by Crippen LogP contribution is -2.26. The van der Waals surface area contributed by atoms with Crippen molar-refractivity contribution in [2.45, 2.75) is 25.9 Å². The van der Waals surface area contributed by atoms with Gasteiger partial charge in [-0.3, -0.25) is 0 Å². The molecule has 2 N–H and O–H groups in total. The fourth-order valence-corrected chi connectivity index (χ4v) is 1.21. The van der Waals surface area contributed by atoms with E-state index in [4.69, 9.17) is 16.7 Å². The molecule has 0 fully saturated rings. The minimum absolute atomic E-state index is 0.215. The summed E-state index contributed by atoms with van der Waals surface area (Å²) < 4.78 is 0. The summed E-state index contributed by atoms with van der Waals surface area (Å²) in [5.74, 6) is 0. The zero-order valence-electron chi connectivity index (χ0n) is 8.20. The van der Waals surface area contributed by atoms with Crippen molar-refractivity contribution in [3.8, 4) is 0 Å². The Kier molecular flexibility index (Phi) is 4.87. The highest BCUT2D eigenvalue weighted by atomic mass is 35.5. The van der Waals surface area contributed by atoms with Crippen LogP contribution in [-0.4, -0.2) is 22.7 Å². The maximum absolute atomic E-state index is 8.70. The predicted molar refractivity (Wildman–Crippen MR) is 57.3 cm³/mol. The molecule has 78 valence electrons. The van der Waals surface area contributed by atoms with Crippen molar-refractivity contribution in [2.75, 3.05) is 6.61 Å². The van der Waals surface area contributed by atoms with Gasteiger partial charge in [0, 0.05) is 25.4 Å². The van der Waals surface area contributed by atoms with E-state index in [1.165, 1.54) is 0 Å². The Morgan fingerprint density at radius 3 is 2.93 bits per heavy atom. The van der Waals surface area contributed by atoms with Crippen LogP contribution in [0.1, 0.15) is 18.9 Å². The fourth-order valence-electron chi connectivity index (χ4n) is 1.10. The first-order valence-corrected chi connectivity index (χ1v) is 5.05. The topological polar surface area (TPSA) is 45.1 Å². The largest absolute Gasteiger partial charge is 0.396 e. The van der Waals surface area contributed by atoms with E-state index in [0.717, 1.165) is 18.5 Å². The number of hydrogen-bond acceptors (Lipinski definition) is 3. The van der Waals surface area contributed by atoms with Gasteiger partial charge in [0.15, 0.2) is 0 Å². The summed E-state index contributed by atoms with van der Waals surface area (Å²) in [7, 11) is 0. The smallest absolute Gasteiger partial charge is 0.129 e. The second-order valence-electron chi connectivity index (χ2n) is 3.28. The summed E-state index contributed by atoms with van der Waals surface area (Å²) in [5, 5.41) is 12.5. The second kappa shape index (κ2) is 5.96. The molecule has 0 spiro atoms. The van der Waals surface area contributed by atoms with Crippen LogP contribution in [0.25, 0.3) is 0 Å². The first kappa shape index (κ1) is 11.4. The van der Waals surface area contributed by atoms with E-state index >= 15 is 0 Å². The maximum atomic E-state index is 8.70. The van der Waals surface area contributed by atoms with Crippen molar-refractivity contribution >= 4 is 11.6 Å². The van der Waals surface area contributed by atoms with Crippen molar-refractivity contribution in [1.29, 1.82) is 0 Å². The molecule has 0 amide bonds. The monoisotopic (exact) mass is 214 g/mol. The third-order valence-electron chi connectivity index (χ3n) is 2.01. The third-order valence-corrected chi connectivity index (χ3v) is 2.23. The molecule has 0 aliphatic rings. The van der Waals surface area contributed by atoms with E-state index in [0.29, 0.717) is 11.2 Å². The highest BCUT2D eigenvalue weighted by Crippen LogP contribution is 2.05. The third kappa shape index (κ3) is 4.05. The van der Waals surface area contributed by atoms with E-state index in [-0.39, 0.29) is 6.61 Å². The van der Waals surface area contributed by atoms with Crippen LogP contribution in [0.5, 0.6) is 0 Å². The van der Waals surface area contributed by atoms with Crippen molar-refractivity contribution in [3.05, 3.63) is 29.0 Å². The van der Waals surface area contributed by atoms with Crippen LogP contribution >= 0.6 is 11.6 Å². The Labute approximate surface area is 89.1 Å². The number of hydrogen-bond donors (Lipinski definition) is 2. The highest BCUT2D eigenvalue weighted by molar-refractivity contribution is 6.29. The van der Waals surface area contributed by atoms with Gasteiger partial charge >= 0.3 is 0 Å².